The first-order valence-corrected chi connectivity index (χ1v) is 11.3. The monoisotopic (exact) mass is 414 g/mol. The Morgan fingerprint density at radius 3 is 2.72 bits per heavy atom. The summed E-state index contributed by atoms with van der Waals surface area (Å²) in [4.78, 5) is 19.3. The van der Waals surface area contributed by atoms with Gasteiger partial charge < -0.3 is 9.64 Å². The predicted molar refractivity (Wildman–Crippen MR) is 117 cm³/mol. The number of carbonyl (C=O) groups is 1. The molecule has 6 nitrogen and oxygen atoms in total. The van der Waals surface area contributed by atoms with E-state index in [0.29, 0.717) is 18.5 Å². The number of benzene rings is 1. The van der Waals surface area contributed by atoms with Gasteiger partial charge in [0, 0.05) is 24.1 Å². The first-order valence-electron chi connectivity index (χ1n) is 10.2. The highest BCUT2D eigenvalue weighted by Gasteiger charge is 2.42. The van der Waals surface area contributed by atoms with E-state index in [0.717, 1.165) is 40.6 Å². The Morgan fingerprint density at radius 2 is 2.07 bits per heavy atom. The van der Waals surface area contributed by atoms with E-state index < -0.39 is 5.41 Å². The van der Waals surface area contributed by atoms with Gasteiger partial charge in [0.05, 0.1) is 17.1 Å². The van der Waals surface area contributed by atoms with E-state index in [1.165, 1.54) is 0 Å². The van der Waals surface area contributed by atoms with Crippen LogP contribution in [0, 0.1) is 0 Å². The zero-order chi connectivity index (χ0) is 21.0. The minimum Gasteiger partial charge on any atom is -0.368 e. The Balaban J connectivity index is 1.75. The first kappa shape index (κ1) is 20.4. The van der Waals surface area contributed by atoms with Crippen molar-refractivity contribution in [1.82, 2.24) is 14.8 Å². The van der Waals surface area contributed by atoms with Crippen LogP contribution < -0.4 is 4.90 Å². The summed E-state index contributed by atoms with van der Waals surface area (Å²) < 4.78 is 8.00. The molecule has 4 rings (SSSR count). The van der Waals surface area contributed by atoms with Crippen LogP contribution in [0.15, 0.2) is 18.2 Å². The van der Waals surface area contributed by atoms with Gasteiger partial charge in [0.2, 0.25) is 5.91 Å². The van der Waals surface area contributed by atoms with E-state index in [-0.39, 0.29) is 11.5 Å². The Labute approximate surface area is 177 Å². The molecule has 0 N–H and O–H groups in total. The third-order valence-electron chi connectivity index (χ3n) is 5.69. The van der Waals surface area contributed by atoms with Crippen molar-refractivity contribution in [3.8, 4) is 11.4 Å². The van der Waals surface area contributed by atoms with Crippen LogP contribution in [0.5, 0.6) is 0 Å². The number of carbonyl (C=O) groups excluding carboxylic acids is 1. The van der Waals surface area contributed by atoms with Crippen LogP contribution in [0.2, 0.25) is 0 Å². The number of amides is 1. The van der Waals surface area contributed by atoms with Gasteiger partial charge in [-0.15, -0.1) is 0 Å². The van der Waals surface area contributed by atoms with Gasteiger partial charge in [0.15, 0.2) is 11.6 Å². The zero-order valence-corrected chi connectivity index (χ0v) is 19.0. The second kappa shape index (κ2) is 7.13. The van der Waals surface area contributed by atoms with Crippen LogP contribution in [0.3, 0.4) is 0 Å². The van der Waals surface area contributed by atoms with Crippen molar-refractivity contribution >= 4 is 23.4 Å². The average Bonchev–Trinajstić information content (AvgIpc) is 3.36. The van der Waals surface area contributed by atoms with Gasteiger partial charge in [0.1, 0.15) is 6.61 Å². The van der Waals surface area contributed by atoms with E-state index in [1.54, 1.807) is 4.90 Å². The highest BCUT2D eigenvalue weighted by atomic mass is 32.2. The van der Waals surface area contributed by atoms with Crippen LogP contribution in [0.25, 0.3) is 11.4 Å². The number of anilines is 1. The van der Waals surface area contributed by atoms with Gasteiger partial charge in [-0.3, -0.25) is 4.79 Å². The Bertz CT molecular complexity index is 939. The second-order valence-corrected chi connectivity index (χ2v) is 10.6. The van der Waals surface area contributed by atoms with Crippen LogP contribution in [-0.2, 0) is 21.6 Å². The lowest BCUT2D eigenvalue weighted by Gasteiger charge is -2.18. The number of rotatable bonds is 4. The van der Waals surface area contributed by atoms with Crippen molar-refractivity contribution in [3.63, 3.8) is 0 Å². The molecule has 156 valence electrons. The maximum Gasteiger partial charge on any atom is 0.236 e. The van der Waals surface area contributed by atoms with Gasteiger partial charge in [-0.05, 0) is 70.6 Å². The fourth-order valence-electron chi connectivity index (χ4n) is 3.99. The quantitative estimate of drug-likeness (QED) is 0.751. The molecule has 0 spiro atoms. The summed E-state index contributed by atoms with van der Waals surface area (Å²) in [5.74, 6) is 3.89. The van der Waals surface area contributed by atoms with Crippen molar-refractivity contribution in [2.45, 2.75) is 64.7 Å². The molecule has 1 saturated heterocycles. The topological polar surface area (TPSA) is 60.3 Å². The largest absolute Gasteiger partial charge is 0.368 e. The molecule has 2 aliphatic rings. The average molecular weight is 415 g/mol. The van der Waals surface area contributed by atoms with Crippen molar-refractivity contribution < 1.29 is 9.53 Å². The van der Waals surface area contributed by atoms with Crippen molar-refractivity contribution in [3.05, 3.63) is 29.6 Å². The third-order valence-corrected chi connectivity index (χ3v) is 6.83. The van der Waals surface area contributed by atoms with E-state index in [9.17, 15) is 4.79 Å². The smallest absolute Gasteiger partial charge is 0.236 e. The molecule has 2 aromatic rings. The fraction of sp³-hybridized carbons (Fsp3) is 0.591. The highest BCUT2D eigenvalue weighted by molar-refractivity contribution is 7.99. The molecule has 1 aromatic carbocycles. The molecule has 1 amide bonds. The number of aromatic nitrogens is 3. The van der Waals surface area contributed by atoms with E-state index in [4.69, 9.17) is 14.8 Å². The Kier molecular flexibility index (Phi) is 5.02. The summed E-state index contributed by atoms with van der Waals surface area (Å²) in [6.45, 7) is 10.5. The van der Waals surface area contributed by atoms with Gasteiger partial charge in [-0.25, -0.2) is 9.67 Å². The number of hydrogen-bond acceptors (Lipinski definition) is 5. The van der Waals surface area contributed by atoms with Crippen LogP contribution in [-0.4, -0.2) is 44.8 Å². The minimum atomic E-state index is -0.535. The molecule has 0 radical (unpaired) electrons. The molecular formula is C22H30N4O2S. The fourth-order valence-corrected chi connectivity index (χ4v) is 5.17. The lowest BCUT2D eigenvalue weighted by molar-refractivity contribution is -0.121. The number of ether oxygens (including phenoxy) is 1. The molecule has 29 heavy (non-hydrogen) atoms. The Morgan fingerprint density at radius 1 is 1.31 bits per heavy atom. The second-order valence-electron chi connectivity index (χ2n) is 9.44. The van der Waals surface area contributed by atoms with Crippen molar-refractivity contribution in [2.24, 2.45) is 0 Å². The maximum atomic E-state index is 12.7. The number of likely N-dealkylation sites (N-methyl/N-ethyl adjacent to an activating group) is 1. The van der Waals surface area contributed by atoms with E-state index >= 15 is 0 Å². The molecule has 3 heterocycles. The van der Waals surface area contributed by atoms with Crippen LogP contribution in [0.4, 0.5) is 5.69 Å². The highest BCUT2D eigenvalue weighted by Crippen LogP contribution is 2.43. The number of thioether (sulfide) groups is 1. The number of hydrogen-bond donors (Lipinski definition) is 0. The van der Waals surface area contributed by atoms with E-state index in [2.05, 4.69) is 16.8 Å². The van der Waals surface area contributed by atoms with Gasteiger partial charge in [-0.2, -0.15) is 16.9 Å². The predicted octanol–water partition coefficient (Wildman–Crippen LogP) is 4.19. The van der Waals surface area contributed by atoms with Crippen molar-refractivity contribution in [1.29, 1.82) is 0 Å². The summed E-state index contributed by atoms with van der Waals surface area (Å²) >= 11 is 1.96. The molecular weight excluding hydrogens is 384 g/mol. The summed E-state index contributed by atoms with van der Waals surface area (Å²) in [6, 6.07) is 6.55. The maximum absolute atomic E-state index is 12.7. The third kappa shape index (κ3) is 3.70. The summed E-state index contributed by atoms with van der Waals surface area (Å²) in [6.07, 6.45) is 1.10. The molecule has 0 bridgehead atoms. The lowest BCUT2D eigenvalue weighted by Crippen LogP contribution is -2.33. The molecule has 0 saturated carbocycles. The van der Waals surface area contributed by atoms with Gasteiger partial charge in [0.25, 0.3) is 0 Å². The Hall–Kier alpha value is -1.86. The summed E-state index contributed by atoms with van der Waals surface area (Å²) in [7, 11) is 1.84. The molecule has 1 fully saturated rings. The molecule has 0 aliphatic carbocycles. The lowest BCUT2D eigenvalue weighted by atomic mass is 9.85. The van der Waals surface area contributed by atoms with Gasteiger partial charge >= 0.3 is 0 Å². The number of fused-ring (bicyclic) bond motifs is 1. The van der Waals surface area contributed by atoms with Crippen LogP contribution in [0.1, 0.15) is 58.5 Å². The zero-order valence-electron chi connectivity index (χ0n) is 18.2. The SMILES string of the molecule is CN1C(=O)C(C)(C)c2cc(-c3nc(COC(C)(C)C)nn3C3CCSC3)ccc21. The molecule has 1 aromatic heterocycles. The standard InChI is InChI=1S/C22H30N4O2S/c1-21(2,3)28-12-18-23-19(26(24-18)15-9-10-29-13-15)14-7-8-17-16(11-14)22(4,5)20(27)25(17)6/h7-8,11,15H,9-10,12-13H2,1-6H3. The molecule has 1 unspecified atom stereocenters. The van der Waals surface area contributed by atoms with Gasteiger partial charge in [-0.1, -0.05) is 0 Å². The summed E-state index contributed by atoms with van der Waals surface area (Å²) in [5, 5.41) is 4.82. The molecule has 1 atom stereocenters. The minimum absolute atomic E-state index is 0.123. The van der Waals surface area contributed by atoms with Crippen molar-refractivity contribution in [2.75, 3.05) is 23.5 Å². The number of nitrogens with zero attached hydrogens (tertiary/aromatic N) is 4. The van der Waals surface area contributed by atoms with Crippen LogP contribution >= 0.6 is 11.8 Å². The first-order chi connectivity index (χ1) is 13.6. The molecule has 2 aliphatic heterocycles. The summed E-state index contributed by atoms with van der Waals surface area (Å²) in [5.41, 5.74) is 2.25. The molecule has 7 heteroatoms. The normalized spacial score (nSPS) is 21.1. The van der Waals surface area contributed by atoms with E-state index in [1.807, 2.05) is 59.5 Å².